The number of carbonyl (C=O) groups is 1. The SMILES string of the molecule is CCNC(=NCCC(F)(F)F)NCCC(=O)N(C)Cc1ccccc1Br. The first-order valence-corrected chi connectivity index (χ1v) is 9.08. The highest BCUT2D eigenvalue weighted by Crippen LogP contribution is 2.19. The van der Waals surface area contributed by atoms with Crippen LogP contribution in [0.1, 0.15) is 25.3 Å². The number of aliphatic imine (C=N–C) groups is 1. The Kier molecular flexibility index (Phi) is 9.47. The number of halogens is 4. The molecule has 0 bridgehead atoms. The van der Waals surface area contributed by atoms with Crippen LogP contribution in [0.5, 0.6) is 0 Å². The zero-order valence-corrected chi connectivity index (χ0v) is 16.5. The third-order valence-electron chi connectivity index (χ3n) is 3.43. The molecular weight excluding hydrogens is 413 g/mol. The molecule has 0 aliphatic heterocycles. The normalized spacial score (nSPS) is 12.0. The van der Waals surface area contributed by atoms with Gasteiger partial charge in [0.1, 0.15) is 0 Å². The quantitative estimate of drug-likeness (QED) is 0.485. The summed E-state index contributed by atoms with van der Waals surface area (Å²) in [5, 5.41) is 5.74. The average Bonchev–Trinajstić information content (AvgIpc) is 2.55. The first kappa shape index (κ1) is 22.3. The molecule has 0 saturated heterocycles. The van der Waals surface area contributed by atoms with Crippen LogP contribution in [0.2, 0.25) is 0 Å². The van der Waals surface area contributed by atoms with Gasteiger partial charge in [-0.2, -0.15) is 13.2 Å². The maximum absolute atomic E-state index is 12.2. The number of guanidine groups is 1. The van der Waals surface area contributed by atoms with Gasteiger partial charge in [-0.15, -0.1) is 0 Å². The molecule has 0 atom stereocenters. The molecule has 1 aromatic carbocycles. The molecule has 0 saturated carbocycles. The molecule has 0 fully saturated rings. The monoisotopic (exact) mass is 436 g/mol. The van der Waals surface area contributed by atoms with E-state index in [2.05, 4.69) is 31.6 Å². The number of alkyl halides is 3. The third kappa shape index (κ3) is 9.07. The van der Waals surface area contributed by atoms with Crippen LogP contribution < -0.4 is 10.6 Å². The average molecular weight is 437 g/mol. The number of carbonyl (C=O) groups excluding carboxylic acids is 1. The second-order valence-corrected chi connectivity index (χ2v) is 6.50. The van der Waals surface area contributed by atoms with Crippen molar-refractivity contribution in [3.63, 3.8) is 0 Å². The maximum Gasteiger partial charge on any atom is 0.390 e. The number of rotatable bonds is 8. The molecule has 0 spiro atoms. The number of nitrogens with one attached hydrogen (secondary N) is 2. The van der Waals surface area contributed by atoms with Crippen molar-refractivity contribution in [2.75, 3.05) is 26.7 Å². The van der Waals surface area contributed by atoms with Crippen molar-refractivity contribution in [1.29, 1.82) is 0 Å². The third-order valence-corrected chi connectivity index (χ3v) is 4.21. The molecule has 1 rings (SSSR count). The van der Waals surface area contributed by atoms with E-state index < -0.39 is 12.6 Å². The minimum atomic E-state index is -4.23. The summed E-state index contributed by atoms with van der Waals surface area (Å²) in [6.07, 6.45) is -4.99. The van der Waals surface area contributed by atoms with Crippen molar-refractivity contribution in [1.82, 2.24) is 15.5 Å². The lowest BCUT2D eigenvalue weighted by molar-refractivity contribution is -0.132. The minimum Gasteiger partial charge on any atom is -0.357 e. The number of amides is 1. The molecule has 146 valence electrons. The zero-order chi connectivity index (χ0) is 19.6. The van der Waals surface area contributed by atoms with Crippen molar-refractivity contribution in [2.24, 2.45) is 4.99 Å². The molecule has 0 aliphatic rings. The van der Waals surface area contributed by atoms with Crippen molar-refractivity contribution in [3.8, 4) is 0 Å². The summed E-state index contributed by atoms with van der Waals surface area (Å²) in [6, 6.07) is 7.65. The van der Waals surface area contributed by atoms with Gasteiger partial charge in [-0.05, 0) is 18.6 Å². The van der Waals surface area contributed by atoms with Crippen molar-refractivity contribution >= 4 is 27.8 Å². The van der Waals surface area contributed by atoms with Gasteiger partial charge in [-0.25, -0.2) is 0 Å². The summed E-state index contributed by atoms with van der Waals surface area (Å²) in [4.78, 5) is 17.7. The van der Waals surface area contributed by atoms with Crippen LogP contribution in [0.25, 0.3) is 0 Å². The summed E-state index contributed by atoms with van der Waals surface area (Å²) in [7, 11) is 1.71. The van der Waals surface area contributed by atoms with E-state index in [4.69, 9.17) is 0 Å². The molecule has 2 N–H and O–H groups in total. The second-order valence-electron chi connectivity index (χ2n) is 5.64. The summed E-state index contributed by atoms with van der Waals surface area (Å²) in [5.74, 6) is 0.206. The second kappa shape index (κ2) is 11.1. The first-order valence-electron chi connectivity index (χ1n) is 8.29. The Labute approximate surface area is 160 Å². The standard InChI is InChI=1S/C17H24BrF3N4O/c1-3-22-16(24-11-9-17(19,20)21)23-10-8-15(26)25(2)12-13-6-4-5-7-14(13)18/h4-7H,3,8-12H2,1-2H3,(H2,22,23,24). The molecule has 9 heteroatoms. The van der Waals surface area contributed by atoms with Crippen LogP contribution in [-0.2, 0) is 11.3 Å². The van der Waals surface area contributed by atoms with Gasteiger partial charge in [-0.1, -0.05) is 34.1 Å². The van der Waals surface area contributed by atoms with Crippen molar-refractivity contribution < 1.29 is 18.0 Å². The van der Waals surface area contributed by atoms with Gasteiger partial charge >= 0.3 is 6.18 Å². The number of benzene rings is 1. The van der Waals surface area contributed by atoms with Gasteiger partial charge in [0, 0.05) is 37.6 Å². The summed E-state index contributed by atoms with van der Waals surface area (Å²) < 4.78 is 37.5. The zero-order valence-electron chi connectivity index (χ0n) is 14.9. The van der Waals surface area contributed by atoms with E-state index in [1.165, 1.54) is 0 Å². The Morgan fingerprint density at radius 2 is 1.96 bits per heavy atom. The molecule has 5 nitrogen and oxygen atoms in total. The maximum atomic E-state index is 12.2. The highest BCUT2D eigenvalue weighted by molar-refractivity contribution is 9.10. The topological polar surface area (TPSA) is 56.7 Å². The van der Waals surface area contributed by atoms with Gasteiger partial charge in [0.2, 0.25) is 5.91 Å². The molecule has 0 unspecified atom stereocenters. The molecule has 0 aromatic heterocycles. The fourth-order valence-corrected chi connectivity index (χ4v) is 2.50. The lowest BCUT2D eigenvalue weighted by Gasteiger charge is -2.19. The largest absolute Gasteiger partial charge is 0.390 e. The number of nitrogens with zero attached hydrogens (tertiary/aromatic N) is 2. The van der Waals surface area contributed by atoms with Crippen molar-refractivity contribution in [2.45, 2.75) is 32.5 Å². The summed E-state index contributed by atoms with van der Waals surface area (Å²) in [5.41, 5.74) is 0.998. The predicted molar refractivity (Wildman–Crippen MR) is 99.9 cm³/mol. The predicted octanol–water partition coefficient (Wildman–Crippen LogP) is 3.31. The molecule has 0 radical (unpaired) electrons. The Balaban J connectivity index is 2.44. The van der Waals surface area contributed by atoms with Crippen LogP contribution in [0.15, 0.2) is 33.7 Å². The number of hydrogen-bond acceptors (Lipinski definition) is 2. The lowest BCUT2D eigenvalue weighted by Crippen LogP contribution is -2.39. The Morgan fingerprint density at radius 1 is 1.27 bits per heavy atom. The Hall–Kier alpha value is -1.77. The van der Waals surface area contributed by atoms with Crippen LogP contribution >= 0.6 is 15.9 Å². The van der Waals surface area contributed by atoms with Gasteiger partial charge in [0.15, 0.2) is 5.96 Å². The Bertz CT molecular complexity index is 608. The summed E-state index contributed by atoms with van der Waals surface area (Å²) in [6.45, 7) is 2.75. The first-order chi connectivity index (χ1) is 12.2. The fraction of sp³-hybridized carbons (Fsp3) is 0.529. The van der Waals surface area contributed by atoms with E-state index in [-0.39, 0.29) is 31.4 Å². The molecule has 26 heavy (non-hydrogen) atoms. The number of hydrogen-bond donors (Lipinski definition) is 2. The molecule has 0 aliphatic carbocycles. The fourth-order valence-electron chi connectivity index (χ4n) is 2.09. The minimum absolute atomic E-state index is 0.0700. The van der Waals surface area contributed by atoms with Crippen LogP contribution in [0, 0.1) is 0 Å². The van der Waals surface area contributed by atoms with Crippen LogP contribution in [0.3, 0.4) is 0 Å². The van der Waals surface area contributed by atoms with E-state index >= 15 is 0 Å². The molecular formula is C17H24BrF3N4O. The molecule has 0 heterocycles. The van der Waals surface area contributed by atoms with Gasteiger partial charge in [0.05, 0.1) is 13.0 Å². The smallest absolute Gasteiger partial charge is 0.357 e. The van der Waals surface area contributed by atoms with Gasteiger partial charge in [0.25, 0.3) is 0 Å². The van der Waals surface area contributed by atoms with Gasteiger partial charge in [-0.3, -0.25) is 9.79 Å². The highest BCUT2D eigenvalue weighted by Gasteiger charge is 2.26. The van der Waals surface area contributed by atoms with Crippen LogP contribution in [-0.4, -0.2) is 49.6 Å². The molecule has 1 aromatic rings. The van der Waals surface area contributed by atoms with E-state index in [0.717, 1.165) is 10.0 Å². The van der Waals surface area contributed by atoms with Crippen LogP contribution in [0.4, 0.5) is 13.2 Å². The van der Waals surface area contributed by atoms with E-state index in [1.807, 2.05) is 31.2 Å². The molecule has 1 amide bonds. The Morgan fingerprint density at radius 3 is 2.58 bits per heavy atom. The van der Waals surface area contributed by atoms with E-state index in [9.17, 15) is 18.0 Å². The van der Waals surface area contributed by atoms with Crippen molar-refractivity contribution in [3.05, 3.63) is 34.3 Å². The highest BCUT2D eigenvalue weighted by atomic mass is 79.9. The summed E-state index contributed by atoms with van der Waals surface area (Å²) >= 11 is 3.45. The van der Waals surface area contributed by atoms with E-state index in [0.29, 0.717) is 13.1 Å². The van der Waals surface area contributed by atoms with Gasteiger partial charge < -0.3 is 15.5 Å². The van der Waals surface area contributed by atoms with E-state index in [1.54, 1.807) is 11.9 Å². The lowest BCUT2D eigenvalue weighted by atomic mass is 10.2.